The lowest BCUT2D eigenvalue weighted by atomic mass is 10.2. The van der Waals surface area contributed by atoms with Gasteiger partial charge in [0.05, 0.1) is 11.6 Å². The number of nitrogens with zero attached hydrogens (tertiary/aromatic N) is 1. The van der Waals surface area contributed by atoms with Crippen molar-refractivity contribution in [1.82, 2.24) is 10.9 Å². The zero-order valence-corrected chi connectivity index (χ0v) is 8.92. The van der Waals surface area contributed by atoms with Crippen molar-refractivity contribution in [2.45, 2.75) is 0 Å². The monoisotopic (exact) mass is 236 g/mol. The van der Waals surface area contributed by atoms with Gasteiger partial charge < -0.3 is 5.73 Å². The molecule has 1 rings (SSSR count). The van der Waals surface area contributed by atoms with Crippen LogP contribution < -0.4 is 16.6 Å². The van der Waals surface area contributed by atoms with Crippen LogP contribution in [-0.2, 0) is 4.79 Å². The van der Waals surface area contributed by atoms with E-state index in [9.17, 15) is 14.9 Å². The minimum absolute atomic E-state index is 0.0106. The topological polar surface area (TPSA) is 110 Å². The van der Waals surface area contributed by atoms with E-state index in [1.807, 2.05) is 0 Å². The first-order valence-electron chi connectivity index (χ1n) is 4.79. The largest absolute Gasteiger partial charge is 0.317 e. The highest BCUT2D eigenvalue weighted by atomic mass is 16.6. The van der Waals surface area contributed by atoms with E-state index in [0.29, 0.717) is 5.56 Å². The number of non-ortho nitro benzene ring substituents is 1. The maximum Gasteiger partial charge on any atom is 0.269 e. The Bertz CT molecular complexity index is 428. The average Bonchev–Trinajstić information content (AvgIpc) is 2.34. The van der Waals surface area contributed by atoms with Crippen LogP contribution in [0.5, 0.6) is 0 Å². The van der Waals surface area contributed by atoms with E-state index < -0.39 is 4.92 Å². The fourth-order valence-corrected chi connectivity index (χ4v) is 1.06. The van der Waals surface area contributed by atoms with E-state index in [0.717, 1.165) is 0 Å². The summed E-state index contributed by atoms with van der Waals surface area (Å²) in [5.74, 6) is -0.353. The molecule has 4 N–H and O–H groups in total. The lowest BCUT2D eigenvalue weighted by molar-refractivity contribution is -0.384. The Hall–Kier alpha value is -2.25. The number of nitrogens with one attached hydrogen (secondary N) is 2. The third-order valence-electron chi connectivity index (χ3n) is 1.84. The number of nitrogens with two attached hydrogens (primary N) is 1. The predicted molar refractivity (Wildman–Crippen MR) is 62.5 cm³/mol. The fraction of sp³-hybridized carbons (Fsp3) is 0.100. The molecule has 1 aromatic rings. The normalized spacial score (nSPS) is 10.4. The Morgan fingerprint density at radius 1 is 1.41 bits per heavy atom. The van der Waals surface area contributed by atoms with Gasteiger partial charge in [0.1, 0.15) is 0 Å². The lowest BCUT2D eigenvalue weighted by Gasteiger charge is -1.99. The molecule has 0 aliphatic carbocycles. The van der Waals surface area contributed by atoms with E-state index in [-0.39, 0.29) is 18.3 Å². The van der Waals surface area contributed by atoms with Gasteiger partial charge in [0.25, 0.3) is 11.6 Å². The number of hydrazine groups is 1. The second-order valence-corrected chi connectivity index (χ2v) is 3.05. The van der Waals surface area contributed by atoms with Crippen LogP contribution in [0.15, 0.2) is 30.3 Å². The molecule has 17 heavy (non-hydrogen) atoms. The van der Waals surface area contributed by atoms with Gasteiger partial charge in [-0.05, 0) is 23.8 Å². The summed E-state index contributed by atoms with van der Waals surface area (Å²) in [6.45, 7) is 0.136. The third-order valence-corrected chi connectivity index (χ3v) is 1.84. The Morgan fingerprint density at radius 2 is 2.06 bits per heavy atom. The number of hydrogen-bond acceptors (Lipinski definition) is 5. The molecule has 0 fully saturated rings. The van der Waals surface area contributed by atoms with Crippen molar-refractivity contribution in [3.8, 4) is 0 Å². The first-order valence-corrected chi connectivity index (χ1v) is 4.79. The van der Waals surface area contributed by atoms with Crippen LogP contribution in [0, 0.1) is 10.1 Å². The van der Waals surface area contributed by atoms with E-state index >= 15 is 0 Å². The van der Waals surface area contributed by atoms with Crippen molar-refractivity contribution >= 4 is 17.7 Å². The van der Waals surface area contributed by atoms with Crippen LogP contribution in [0.25, 0.3) is 6.08 Å². The zero-order valence-electron chi connectivity index (χ0n) is 8.92. The Morgan fingerprint density at radius 3 is 2.59 bits per heavy atom. The highest BCUT2D eigenvalue weighted by Crippen LogP contribution is 2.12. The second-order valence-electron chi connectivity index (χ2n) is 3.05. The van der Waals surface area contributed by atoms with Gasteiger partial charge in [-0.2, -0.15) is 0 Å². The molecule has 0 aliphatic heterocycles. The molecular weight excluding hydrogens is 224 g/mol. The van der Waals surface area contributed by atoms with E-state index in [1.54, 1.807) is 12.1 Å². The van der Waals surface area contributed by atoms with E-state index in [1.165, 1.54) is 24.3 Å². The number of nitro benzene ring substituents is 1. The molecule has 0 heterocycles. The van der Waals surface area contributed by atoms with Crippen LogP contribution in [0.2, 0.25) is 0 Å². The summed E-state index contributed by atoms with van der Waals surface area (Å²) in [6.07, 6.45) is 2.83. The standard InChI is InChI=1S/C10H12N4O3/c11-7-12-13-10(15)6-3-8-1-4-9(5-2-8)14(16)17/h1-6,12H,7,11H2,(H,13,15)/b6-3+. The van der Waals surface area contributed by atoms with Crippen LogP contribution >= 0.6 is 0 Å². The number of benzene rings is 1. The summed E-state index contributed by atoms with van der Waals surface area (Å²) in [5.41, 5.74) is 10.6. The smallest absolute Gasteiger partial charge is 0.269 e. The van der Waals surface area contributed by atoms with Gasteiger partial charge in [-0.1, -0.05) is 0 Å². The number of carbonyl (C=O) groups is 1. The van der Waals surface area contributed by atoms with Crippen LogP contribution in [0.3, 0.4) is 0 Å². The fourth-order valence-electron chi connectivity index (χ4n) is 1.06. The SMILES string of the molecule is NCNNC(=O)/C=C/c1ccc([N+](=O)[O-])cc1. The molecule has 90 valence electrons. The van der Waals surface area contributed by atoms with Gasteiger partial charge in [0.2, 0.25) is 0 Å². The van der Waals surface area contributed by atoms with E-state index in [2.05, 4.69) is 10.9 Å². The van der Waals surface area contributed by atoms with Crippen molar-refractivity contribution in [2.75, 3.05) is 6.67 Å². The third kappa shape index (κ3) is 4.41. The summed E-state index contributed by atoms with van der Waals surface area (Å²) in [6, 6.07) is 5.85. The Balaban J connectivity index is 2.59. The van der Waals surface area contributed by atoms with Gasteiger partial charge in [0.15, 0.2) is 0 Å². The van der Waals surface area contributed by atoms with Gasteiger partial charge >= 0.3 is 0 Å². The average molecular weight is 236 g/mol. The number of nitro groups is 1. The van der Waals surface area contributed by atoms with Crippen LogP contribution in [-0.4, -0.2) is 17.5 Å². The van der Waals surface area contributed by atoms with Crippen molar-refractivity contribution in [3.05, 3.63) is 46.0 Å². The number of amides is 1. The molecule has 0 aliphatic rings. The van der Waals surface area contributed by atoms with Crippen LogP contribution in [0.1, 0.15) is 5.56 Å². The molecule has 0 radical (unpaired) electrons. The van der Waals surface area contributed by atoms with E-state index in [4.69, 9.17) is 5.73 Å². The summed E-state index contributed by atoms with van der Waals surface area (Å²) < 4.78 is 0. The highest BCUT2D eigenvalue weighted by Gasteiger charge is 2.02. The molecular formula is C10H12N4O3. The quantitative estimate of drug-likeness (QED) is 0.291. The molecule has 0 atom stereocenters. The number of rotatable bonds is 5. The summed E-state index contributed by atoms with van der Waals surface area (Å²) in [4.78, 5) is 21.0. The maximum absolute atomic E-state index is 11.1. The number of carbonyl (C=O) groups excluding carboxylic acids is 1. The molecule has 7 nitrogen and oxygen atoms in total. The second kappa shape index (κ2) is 6.36. The maximum atomic E-state index is 11.1. The summed E-state index contributed by atoms with van der Waals surface area (Å²) >= 11 is 0. The summed E-state index contributed by atoms with van der Waals surface area (Å²) in [5, 5.41) is 10.4. The first kappa shape index (κ1) is 12.8. The molecule has 0 aromatic heterocycles. The van der Waals surface area contributed by atoms with Crippen LogP contribution in [0.4, 0.5) is 5.69 Å². The van der Waals surface area contributed by atoms with Gasteiger partial charge in [-0.25, -0.2) is 5.43 Å². The predicted octanol–water partition coefficient (Wildman–Crippen LogP) is 0.145. The van der Waals surface area contributed by atoms with Crippen molar-refractivity contribution in [3.63, 3.8) is 0 Å². The van der Waals surface area contributed by atoms with Gasteiger partial charge in [-0.3, -0.25) is 20.3 Å². The van der Waals surface area contributed by atoms with Gasteiger partial charge in [0, 0.05) is 18.2 Å². The van der Waals surface area contributed by atoms with Gasteiger partial charge in [-0.15, -0.1) is 0 Å². The minimum Gasteiger partial charge on any atom is -0.317 e. The van der Waals surface area contributed by atoms with Crippen molar-refractivity contribution < 1.29 is 9.72 Å². The molecule has 0 saturated heterocycles. The molecule has 0 saturated carbocycles. The molecule has 0 bridgehead atoms. The highest BCUT2D eigenvalue weighted by molar-refractivity contribution is 5.91. The Labute approximate surface area is 97.4 Å². The zero-order chi connectivity index (χ0) is 12.7. The summed E-state index contributed by atoms with van der Waals surface area (Å²) in [7, 11) is 0. The number of hydrogen-bond donors (Lipinski definition) is 3. The lowest BCUT2D eigenvalue weighted by Crippen LogP contribution is -2.39. The van der Waals surface area contributed by atoms with Crippen molar-refractivity contribution in [1.29, 1.82) is 0 Å². The molecule has 1 aromatic carbocycles. The molecule has 0 spiro atoms. The Kier molecular flexibility index (Phi) is 4.79. The first-order chi connectivity index (χ1) is 8.13. The minimum atomic E-state index is -0.481. The molecule has 1 amide bonds. The molecule has 0 unspecified atom stereocenters. The molecule has 7 heteroatoms. The van der Waals surface area contributed by atoms with Crippen molar-refractivity contribution in [2.24, 2.45) is 5.73 Å².